The number of rotatable bonds is 9. The van der Waals surface area contributed by atoms with Crippen LogP contribution >= 0.6 is 11.6 Å². The van der Waals surface area contributed by atoms with Gasteiger partial charge in [0.15, 0.2) is 6.61 Å². The van der Waals surface area contributed by atoms with Gasteiger partial charge in [0, 0.05) is 31.2 Å². The van der Waals surface area contributed by atoms with E-state index in [2.05, 4.69) is 0 Å². The van der Waals surface area contributed by atoms with Crippen molar-refractivity contribution in [2.75, 3.05) is 43.7 Å². The molecule has 2 amide bonds. The normalized spacial score (nSPS) is 13.6. The predicted octanol–water partition coefficient (Wildman–Crippen LogP) is 4.72. The molecule has 0 radical (unpaired) electrons. The van der Waals surface area contributed by atoms with E-state index in [1.165, 1.54) is 4.31 Å². The third-order valence-electron chi connectivity index (χ3n) is 6.49. The molecular weight excluding hydrogens is 554 g/mol. The maximum Gasteiger partial charge on any atom is 0.409 e. The highest BCUT2D eigenvalue weighted by Crippen LogP contribution is 2.28. The van der Waals surface area contributed by atoms with Gasteiger partial charge in [-0.15, -0.1) is 0 Å². The van der Waals surface area contributed by atoms with Crippen molar-refractivity contribution < 1.29 is 27.5 Å². The number of halogens is 1. The Morgan fingerprint density at radius 3 is 2.08 bits per heavy atom. The summed E-state index contributed by atoms with van der Waals surface area (Å²) in [5.41, 5.74) is 2.18. The highest BCUT2D eigenvalue weighted by Gasteiger charge is 2.27. The molecule has 1 fully saturated rings. The number of nitrogens with zero attached hydrogens (tertiary/aromatic N) is 3. The molecule has 1 aliphatic heterocycles. The number of carbonyl (C=O) groups is 2. The van der Waals surface area contributed by atoms with Gasteiger partial charge in [0.25, 0.3) is 15.9 Å². The fourth-order valence-corrected chi connectivity index (χ4v) is 5.79. The average Bonchev–Trinajstić information content (AvgIpc) is 2.96. The van der Waals surface area contributed by atoms with Crippen LogP contribution in [0.15, 0.2) is 77.7 Å². The predicted molar refractivity (Wildman–Crippen MR) is 153 cm³/mol. The third kappa shape index (κ3) is 7.25. The van der Waals surface area contributed by atoms with Gasteiger partial charge in [-0.2, -0.15) is 0 Å². The minimum absolute atomic E-state index is 0.101. The van der Waals surface area contributed by atoms with Gasteiger partial charge >= 0.3 is 6.09 Å². The average molecular weight is 586 g/mol. The Kier molecular flexibility index (Phi) is 9.54. The van der Waals surface area contributed by atoms with Gasteiger partial charge in [0.2, 0.25) is 0 Å². The second-order valence-electron chi connectivity index (χ2n) is 9.30. The van der Waals surface area contributed by atoms with E-state index in [-0.39, 0.29) is 30.0 Å². The third-order valence-corrected chi connectivity index (χ3v) is 8.53. The summed E-state index contributed by atoms with van der Waals surface area (Å²) in [6.45, 7) is 5.49. The summed E-state index contributed by atoms with van der Waals surface area (Å²) in [5, 5.41) is 0.564. The van der Waals surface area contributed by atoms with E-state index in [9.17, 15) is 18.0 Å². The van der Waals surface area contributed by atoms with Crippen LogP contribution in [0.4, 0.5) is 10.5 Å². The van der Waals surface area contributed by atoms with Crippen molar-refractivity contribution in [1.82, 2.24) is 9.80 Å². The lowest BCUT2D eigenvalue weighted by molar-refractivity contribution is -0.134. The first-order valence-corrected chi connectivity index (χ1v) is 14.8. The highest BCUT2D eigenvalue weighted by molar-refractivity contribution is 7.92. The summed E-state index contributed by atoms with van der Waals surface area (Å²) in [7, 11) is -3.88. The van der Waals surface area contributed by atoms with Crippen LogP contribution in [0.2, 0.25) is 5.02 Å². The second kappa shape index (κ2) is 13.1. The molecule has 1 aliphatic rings. The molecule has 3 aromatic carbocycles. The molecule has 0 aromatic heterocycles. The van der Waals surface area contributed by atoms with Gasteiger partial charge in [-0.1, -0.05) is 41.4 Å². The number of aryl methyl sites for hydroxylation is 1. The van der Waals surface area contributed by atoms with Crippen LogP contribution in [-0.2, 0) is 26.1 Å². The molecule has 0 bridgehead atoms. The number of hydrogen-bond donors (Lipinski definition) is 0. The van der Waals surface area contributed by atoms with Crippen LogP contribution in [-0.4, -0.2) is 69.6 Å². The zero-order chi connectivity index (χ0) is 28.7. The van der Waals surface area contributed by atoms with E-state index < -0.39 is 10.0 Å². The van der Waals surface area contributed by atoms with Crippen LogP contribution in [0, 0.1) is 6.92 Å². The van der Waals surface area contributed by atoms with Gasteiger partial charge in [0.05, 0.1) is 23.7 Å². The minimum atomic E-state index is -3.88. The number of piperazine rings is 1. The smallest absolute Gasteiger partial charge is 0.409 e. The first kappa shape index (κ1) is 29.2. The molecule has 0 saturated carbocycles. The molecule has 0 unspecified atom stereocenters. The van der Waals surface area contributed by atoms with Gasteiger partial charge in [-0.3, -0.25) is 9.10 Å². The number of anilines is 1. The van der Waals surface area contributed by atoms with Crippen molar-refractivity contribution in [3.8, 4) is 5.75 Å². The summed E-state index contributed by atoms with van der Waals surface area (Å²) >= 11 is 6.02. The topological polar surface area (TPSA) is 96.5 Å². The first-order valence-electron chi connectivity index (χ1n) is 12.9. The summed E-state index contributed by atoms with van der Waals surface area (Å²) in [6, 6.07) is 20.3. The molecule has 40 heavy (non-hydrogen) atoms. The van der Waals surface area contributed by atoms with E-state index in [0.717, 1.165) is 11.1 Å². The maximum atomic E-state index is 13.7. The molecule has 3 aromatic rings. The van der Waals surface area contributed by atoms with Crippen LogP contribution < -0.4 is 9.04 Å². The standard InChI is InChI=1S/C29H32ClN3O6S/c1-3-38-29(35)32-18-16-31(17-19-32)28(34)21-39-26-12-10-25(11-13-26)33(20-23-6-8-24(30)9-7-23)40(36,37)27-14-4-22(2)5-15-27/h4-15H,3,16-21H2,1-2H3. The summed E-state index contributed by atoms with van der Waals surface area (Å²) in [4.78, 5) is 27.9. The molecule has 1 saturated heterocycles. The Morgan fingerprint density at radius 2 is 1.48 bits per heavy atom. The summed E-state index contributed by atoms with van der Waals surface area (Å²) in [6.07, 6.45) is -0.375. The fraction of sp³-hybridized carbons (Fsp3) is 0.310. The Bertz CT molecular complexity index is 1410. The molecule has 4 rings (SSSR count). The zero-order valence-electron chi connectivity index (χ0n) is 22.5. The van der Waals surface area contributed by atoms with Gasteiger partial charge in [-0.05, 0) is 67.9 Å². The van der Waals surface area contributed by atoms with Crippen LogP contribution in [0.3, 0.4) is 0 Å². The first-order chi connectivity index (χ1) is 19.2. The number of amides is 2. The summed E-state index contributed by atoms with van der Waals surface area (Å²) < 4.78 is 39.4. The highest BCUT2D eigenvalue weighted by atomic mass is 35.5. The minimum Gasteiger partial charge on any atom is -0.484 e. The van der Waals surface area contributed by atoms with Crippen molar-refractivity contribution in [2.45, 2.75) is 25.3 Å². The second-order valence-corrected chi connectivity index (χ2v) is 11.6. The largest absolute Gasteiger partial charge is 0.484 e. The van der Waals surface area contributed by atoms with Crippen molar-refractivity contribution in [1.29, 1.82) is 0 Å². The lowest BCUT2D eigenvalue weighted by Gasteiger charge is -2.33. The van der Waals surface area contributed by atoms with Gasteiger partial charge < -0.3 is 19.3 Å². The number of ether oxygens (including phenoxy) is 2. The molecule has 9 nitrogen and oxygen atoms in total. The lowest BCUT2D eigenvalue weighted by Crippen LogP contribution is -2.51. The Morgan fingerprint density at radius 1 is 0.875 bits per heavy atom. The fourth-order valence-electron chi connectivity index (χ4n) is 4.21. The zero-order valence-corrected chi connectivity index (χ0v) is 24.0. The molecule has 1 heterocycles. The Hall–Kier alpha value is -3.76. The molecule has 0 N–H and O–H groups in total. The van der Waals surface area contributed by atoms with Crippen molar-refractivity contribution >= 4 is 39.3 Å². The number of sulfonamides is 1. The van der Waals surface area contributed by atoms with E-state index >= 15 is 0 Å². The molecule has 0 spiro atoms. The van der Waals surface area contributed by atoms with Crippen LogP contribution in [0.25, 0.3) is 0 Å². The number of carbonyl (C=O) groups excluding carboxylic acids is 2. The lowest BCUT2D eigenvalue weighted by atomic mass is 10.2. The van der Waals surface area contributed by atoms with Crippen LogP contribution in [0.5, 0.6) is 5.75 Å². The van der Waals surface area contributed by atoms with Crippen molar-refractivity contribution in [3.63, 3.8) is 0 Å². The van der Waals surface area contributed by atoms with E-state index in [4.69, 9.17) is 21.1 Å². The number of benzene rings is 3. The monoisotopic (exact) mass is 585 g/mol. The molecule has 0 atom stereocenters. The van der Waals surface area contributed by atoms with E-state index in [1.807, 2.05) is 6.92 Å². The summed E-state index contributed by atoms with van der Waals surface area (Å²) in [5.74, 6) is 0.236. The van der Waals surface area contributed by atoms with E-state index in [0.29, 0.717) is 49.2 Å². The molecule has 11 heteroatoms. The Labute approximate surface area is 239 Å². The quantitative estimate of drug-likeness (QED) is 0.360. The van der Waals surface area contributed by atoms with E-state index in [1.54, 1.807) is 89.5 Å². The maximum absolute atomic E-state index is 13.7. The van der Waals surface area contributed by atoms with Crippen LogP contribution in [0.1, 0.15) is 18.1 Å². The number of hydrogen-bond acceptors (Lipinski definition) is 6. The Balaban J connectivity index is 1.44. The van der Waals surface area contributed by atoms with Gasteiger partial charge in [0.1, 0.15) is 5.75 Å². The molecule has 0 aliphatic carbocycles. The van der Waals surface area contributed by atoms with Gasteiger partial charge in [-0.25, -0.2) is 13.2 Å². The SMILES string of the molecule is CCOC(=O)N1CCN(C(=O)COc2ccc(N(Cc3ccc(Cl)cc3)S(=O)(=O)c3ccc(C)cc3)cc2)CC1. The van der Waals surface area contributed by atoms with Crippen molar-refractivity contribution in [3.05, 3.63) is 88.9 Å². The molecular formula is C29H32ClN3O6S. The van der Waals surface area contributed by atoms with Crippen molar-refractivity contribution in [2.24, 2.45) is 0 Å². The molecule has 212 valence electrons.